The van der Waals surface area contributed by atoms with Gasteiger partial charge in [0.2, 0.25) is 0 Å². The Morgan fingerprint density at radius 3 is 2.73 bits per heavy atom. The highest BCUT2D eigenvalue weighted by atomic mass is 16.5. The van der Waals surface area contributed by atoms with Crippen LogP contribution in [0.1, 0.15) is 35.2 Å². The maximum Gasteiger partial charge on any atom is 0.164 e. The topological polar surface area (TPSA) is 46.5 Å². The summed E-state index contributed by atoms with van der Waals surface area (Å²) in [5, 5.41) is 9.61. The number of hydrogen-bond donors (Lipinski definition) is 1. The number of methoxy groups -OCH3 is 1. The van der Waals surface area contributed by atoms with E-state index in [1.54, 1.807) is 6.07 Å². The van der Waals surface area contributed by atoms with E-state index in [1.165, 1.54) is 13.2 Å². The molecule has 1 aromatic carbocycles. The van der Waals surface area contributed by atoms with E-state index in [0.29, 0.717) is 17.7 Å². The molecule has 2 rings (SSSR count). The Morgan fingerprint density at radius 2 is 2.00 bits per heavy atom. The lowest BCUT2D eigenvalue weighted by molar-refractivity contribution is 0.0981. The third kappa shape index (κ3) is 1.69. The van der Waals surface area contributed by atoms with Crippen LogP contribution < -0.4 is 4.74 Å². The van der Waals surface area contributed by atoms with E-state index >= 15 is 0 Å². The molecule has 0 aliphatic heterocycles. The van der Waals surface area contributed by atoms with Crippen molar-refractivity contribution in [2.45, 2.75) is 25.7 Å². The number of hydrogen-bond acceptors (Lipinski definition) is 3. The lowest BCUT2D eigenvalue weighted by atomic mass is 10.0. The molecule has 0 aromatic heterocycles. The summed E-state index contributed by atoms with van der Waals surface area (Å²) in [4.78, 5) is 11.7. The largest absolute Gasteiger partial charge is 0.504 e. The zero-order valence-corrected chi connectivity index (χ0v) is 8.75. The van der Waals surface area contributed by atoms with Crippen molar-refractivity contribution < 1.29 is 14.6 Å². The fourth-order valence-electron chi connectivity index (χ4n) is 2.07. The number of Topliss-reactive ketones (excluding diaryl/α,β-unsaturated/α-hetero) is 1. The van der Waals surface area contributed by atoms with Crippen molar-refractivity contribution in [3.05, 3.63) is 23.3 Å². The first-order valence-corrected chi connectivity index (χ1v) is 5.16. The Labute approximate surface area is 88.7 Å². The number of benzene rings is 1. The summed E-state index contributed by atoms with van der Waals surface area (Å²) in [7, 11) is 1.52. The molecule has 0 saturated heterocycles. The van der Waals surface area contributed by atoms with Crippen molar-refractivity contribution in [1.29, 1.82) is 0 Å². The molecule has 1 aromatic rings. The first-order chi connectivity index (χ1) is 7.24. The molecule has 15 heavy (non-hydrogen) atoms. The molecule has 0 atom stereocenters. The van der Waals surface area contributed by atoms with Crippen LogP contribution in [0.5, 0.6) is 11.5 Å². The maximum atomic E-state index is 11.7. The molecule has 0 heterocycles. The lowest BCUT2D eigenvalue weighted by Crippen LogP contribution is -2.02. The Balaban J connectivity index is 2.58. The molecule has 0 radical (unpaired) electrons. The molecule has 0 bridgehead atoms. The summed E-state index contributed by atoms with van der Waals surface area (Å²) in [6.45, 7) is 0. The number of ether oxygens (including phenoxy) is 1. The smallest absolute Gasteiger partial charge is 0.164 e. The minimum absolute atomic E-state index is 0.117. The van der Waals surface area contributed by atoms with E-state index in [0.717, 1.165) is 24.8 Å². The van der Waals surface area contributed by atoms with Gasteiger partial charge in [0, 0.05) is 17.5 Å². The first-order valence-electron chi connectivity index (χ1n) is 5.16. The maximum absolute atomic E-state index is 11.7. The van der Waals surface area contributed by atoms with Gasteiger partial charge in [0.1, 0.15) is 0 Å². The molecule has 0 unspecified atom stereocenters. The highest BCUT2D eigenvalue weighted by molar-refractivity contribution is 5.98. The Bertz CT molecular complexity index is 396. The second kappa shape index (κ2) is 3.93. The minimum Gasteiger partial charge on any atom is -0.504 e. The molecule has 80 valence electrons. The van der Waals surface area contributed by atoms with Crippen molar-refractivity contribution in [3.63, 3.8) is 0 Å². The van der Waals surface area contributed by atoms with Crippen molar-refractivity contribution in [1.82, 2.24) is 0 Å². The summed E-state index contributed by atoms with van der Waals surface area (Å²) < 4.78 is 5.15. The van der Waals surface area contributed by atoms with Gasteiger partial charge in [-0.1, -0.05) is 0 Å². The summed E-state index contributed by atoms with van der Waals surface area (Å²) >= 11 is 0. The molecule has 0 spiro atoms. The third-order valence-electron chi connectivity index (χ3n) is 2.82. The van der Waals surface area contributed by atoms with E-state index in [4.69, 9.17) is 4.74 Å². The van der Waals surface area contributed by atoms with Crippen LogP contribution in [0.2, 0.25) is 0 Å². The van der Waals surface area contributed by atoms with Gasteiger partial charge in [-0.05, 0) is 31.4 Å². The number of carbonyl (C=O) groups is 1. The molecule has 0 saturated carbocycles. The Hall–Kier alpha value is -1.51. The van der Waals surface area contributed by atoms with Crippen LogP contribution in [0.3, 0.4) is 0 Å². The van der Waals surface area contributed by atoms with Crippen LogP contribution in [0, 0.1) is 0 Å². The van der Waals surface area contributed by atoms with Crippen LogP contribution in [0.25, 0.3) is 0 Å². The zero-order valence-electron chi connectivity index (χ0n) is 8.75. The highest BCUT2D eigenvalue weighted by Gasteiger charge is 2.20. The number of ketones is 1. The summed E-state index contributed by atoms with van der Waals surface area (Å²) in [5.74, 6) is 0.731. The van der Waals surface area contributed by atoms with E-state index in [2.05, 4.69) is 0 Å². The van der Waals surface area contributed by atoms with Crippen molar-refractivity contribution in [2.24, 2.45) is 0 Å². The SMILES string of the molecule is COc1c(O)ccc2c1CCCCC2=O. The predicted molar refractivity (Wildman–Crippen MR) is 56.5 cm³/mol. The number of rotatable bonds is 1. The van der Waals surface area contributed by atoms with E-state index in [9.17, 15) is 9.90 Å². The average molecular weight is 206 g/mol. The van der Waals surface area contributed by atoms with Gasteiger partial charge in [0.05, 0.1) is 7.11 Å². The normalized spacial score (nSPS) is 15.7. The molecule has 0 fully saturated rings. The van der Waals surface area contributed by atoms with E-state index in [1.807, 2.05) is 0 Å². The van der Waals surface area contributed by atoms with E-state index < -0.39 is 0 Å². The molecule has 1 aliphatic rings. The van der Waals surface area contributed by atoms with Gasteiger partial charge >= 0.3 is 0 Å². The molecular formula is C12H14O3. The van der Waals surface area contributed by atoms with E-state index in [-0.39, 0.29) is 11.5 Å². The molecule has 1 N–H and O–H groups in total. The second-order valence-corrected chi connectivity index (χ2v) is 3.77. The minimum atomic E-state index is 0.117. The van der Waals surface area contributed by atoms with Crippen molar-refractivity contribution in [3.8, 4) is 11.5 Å². The molecular weight excluding hydrogens is 192 g/mol. The fraction of sp³-hybridized carbons (Fsp3) is 0.417. The van der Waals surface area contributed by atoms with Crippen LogP contribution in [-0.4, -0.2) is 18.0 Å². The number of carbonyl (C=O) groups excluding carboxylic acids is 1. The summed E-state index contributed by atoms with van der Waals surface area (Å²) in [6, 6.07) is 3.22. The highest BCUT2D eigenvalue weighted by Crippen LogP contribution is 2.35. The van der Waals surface area contributed by atoms with Crippen molar-refractivity contribution in [2.75, 3.05) is 7.11 Å². The van der Waals surface area contributed by atoms with Crippen LogP contribution in [-0.2, 0) is 6.42 Å². The lowest BCUT2D eigenvalue weighted by Gasteiger charge is -2.11. The number of phenolic OH excluding ortho intramolecular Hbond substituents is 1. The van der Waals surface area contributed by atoms with Gasteiger partial charge < -0.3 is 9.84 Å². The monoisotopic (exact) mass is 206 g/mol. The van der Waals surface area contributed by atoms with Gasteiger partial charge in [-0.3, -0.25) is 4.79 Å². The standard InChI is InChI=1S/C12H14O3/c1-15-12-9-4-2-3-5-10(13)8(9)6-7-11(12)14/h6-7,14H,2-5H2,1H3. The van der Waals surface area contributed by atoms with Crippen LogP contribution in [0.4, 0.5) is 0 Å². The average Bonchev–Trinajstić information content (AvgIpc) is 2.41. The Morgan fingerprint density at radius 1 is 1.27 bits per heavy atom. The first kappa shape index (κ1) is 10.0. The van der Waals surface area contributed by atoms with Gasteiger partial charge in [-0.2, -0.15) is 0 Å². The summed E-state index contributed by atoms with van der Waals surface area (Å²) in [5.41, 5.74) is 1.57. The van der Waals surface area contributed by atoms with Gasteiger partial charge in [0.15, 0.2) is 17.3 Å². The fourth-order valence-corrected chi connectivity index (χ4v) is 2.07. The van der Waals surface area contributed by atoms with Gasteiger partial charge in [-0.25, -0.2) is 0 Å². The zero-order chi connectivity index (χ0) is 10.8. The molecule has 1 aliphatic carbocycles. The molecule has 3 heteroatoms. The molecule has 0 amide bonds. The predicted octanol–water partition coefficient (Wildman–Crippen LogP) is 2.31. The second-order valence-electron chi connectivity index (χ2n) is 3.77. The number of aromatic hydroxyl groups is 1. The summed E-state index contributed by atoms with van der Waals surface area (Å²) in [6.07, 6.45) is 3.29. The number of fused-ring (bicyclic) bond motifs is 1. The molecule has 3 nitrogen and oxygen atoms in total. The van der Waals surface area contributed by atoms with Gasteiger partial charge in [-0.15, -0.1) is 0 Å². The Kier molecular flexibility index (Phi) is 2.62. The van der Waals surface area contributed by atoms with Crippen LogP contribution in [0.15, 0.2) is 12.1 Å². The van der Waals surface area contributed by atoms with Crippen molar-refractivity contribution >= 4 is 5.78 Å². The van der Waals surface area contributed by atoms with Crippen LogP contribution >= 0.6 is 0 Å². The van der Waals surface area contributed by atoms with Gasteiger partial charge in [0.25, 0.3) is 0 Å². The number of phenols is 1. The quantitative estimate of drug-likeness (QED) is 0.717. The third-order valence-corrected chi connectivity index (χ3v) is 2.82.